The molecule has 0 saturated carbocycles. The van der Waals surface area contributed by atoms with E-state index >= 15 is 0 Å². The van der Waals surface area contributed by atoms with Crippen LogP contribution < -0.4 is 0 Å². The van der Waals surface area contributed by atoms with Crippen molar-refractivity contribution in [1.29, 1.82) is 0 Å². The second kappa shape index (κ2) is 10.8. The molecule has 7 atom stereocenters. The molecule has 0 aromatic carbocycles. The van der Waals surface area contributed by atoms with Gasteiger partial charge in [0.2, 0.25) is 0 Å². The molecular weight excluding hydrogens is 611 g/mol. The van der Waals surface area contributed by atoms with Crippen molar-refractivity contribution in [3.8, 4) is 0 Å². The van der Waals surface area contributed by atoms with E-state index in [9.17, 15) is 79.8 Å². The maximum Gasteiger partial charge on any atom is 0.454 e. The second-order valence-corrected chi connectivity index (χ2v) is 6.05. The quantitative estimate of drug-likeness (QED) is 0.196. The molecule has 218 valence electrons. The molecule has 1 N–H and O–H groups in total. The molecule has 0 radical (unpaired) electrons. The normalized spacial score (nSPS) is 24.4. The van der Waals surface area contributed by atoms with Crippen LogP contribution in [0.2, 0.25) is 0 Å². The van der Waals surface area contributed by atoms with E-state index in [0.29, 0.717) is 0 Å². The van der Waals surface area contributed by atoms with E-state index in [-0.39, 0.29) is 0 Å². The van der Waals surface area contributed by atoms with Crippen LogP contribution in [0.1, 0.15) is 0 Å². The third-order valence-corrected chi connectivity index (χ3v) is 4.08. The molecule has 0 fully saturated rings. The first-order chi connectivity index (χ1) is 16.1. The molecule has 0 aliphatic rings. The number of alkyl halides is 10. The van der Waals surface area contributed by atoms with Crippen LogP contribution in [0.15, 0.2) is 0 Å². The lowest BCUT2D eigenvalue weighted by atomic mass is 9.85. The molecule has 36 heavy (non-hydrogen) atoms. The summed E-state index contributed by atoms with van der Waals surface area (Å²) in [6.07, 6.45) is -14.7. The Hall–Kier alpha value is -1.40. The summed E-state index contributed by atoms with van der Waals surface area (Å²) < 4.78 is 248. The summed E-state index contributed by atoms with van der Waals surface area (Å²) in [7, 11) is 0. The summed E-state index contributed by atoms with van der Waals surface area (Å²) in [4.78, 5) is 8.17. The Balaban J connectivity index is 7.79. The van der Waals surface area contributed by atoms with Gasteiger partial charge in [0.25, 0.3) is 0 Å². The Morgan fingerprint density at radius 2 is 0.639 bits per heavy atom. The highest BCUT2D eigenvalue weighted by atomic mass is 32.2. The van der Waals surface area contributed by atoms with E-state index in [1.165, 1.54) is 9.88 Å². The summed E-state index contributed by atoms with van der Waals surface area (Å²) in [5, 5.41) is 0. The van der Waals surface area contributed by atoms with Crippen LogP contribution in [-0.2, 0) is 50.1 Å². The van der Waals surface area contributed by atoms with Gasteiger partial charge in [0.1, 0.15) is 0 Å². The third kappa shape index (κ3) is 4.24. The minimum Gasteiger partial charge on any atom is -0.284 e. The molecule has 0 saturated heterocycles. The predicted molar refractivity (Wildman–Crippen MR) is 60.1 cm³/mol. The summed E-state index contributed by atoms with van der Waals surface area (Å²) in [5.41, 5.74) is 0. The van der Waals surface area contributed by atoms with Gasteiger partial charge < -0.3 is 0 Å². The largest absolute Gasteiger partial charge is 0.454 e. The van der Waals surface area contributed by atoms with Crippen LogP contribution in [0.3, 0.4) is 0 Å². The fraction of sp³-hybridized carbons (Fsp3) is 1.00. The van der Waals surface area contributed by atoms with Crippen LogP contribution in [0.5, 0.6) is 0 Å². The molecule has 0 aromatic rings. The van der Waals surface area contributed by atoms with Crippen molar-refractivity contribution in [2.75, 3.05) is 0 Å². The smallest absolute Gasteiger partial charge is 0.284 e. The van der Waals surface area contributed by atoms with Crippen molar-refractivity contribution in [2.24, 2.45) is 0 Å². The maximum absolute atomic E-state index is 14.7. The Morgan fingerprint density at radius 1 is 0.417 bits per heavy atom. The molecule has 0 aromatic heterocycles. The Kier molecular flexibility index (Phi) is 10.3. The molecule has 0 aliphatic carbocycles. The average molecular weight is 612 g/mol. The standard InChI is InChI=1S/C8HF17O10S/c9-1(28-19,3(11,30-21)5(13,32-23)7(15,16)34-25)2(10,29-20)4(12,31-22)6(14,33-24)8(17,18)35-36(26)27/h(H,26,27). The van der Waals surface area contributed by atoms with Crippen molar-refractivity contribution in [3.63, 3.8) is 0 Å². The highest BCUT2D eigenvalue weighted by Crippen LogP contribution is 2.63. The molecule has 0 rings (SSSR count). The van der Waals surface area contributed by atoms with E-state index in [1.807, 2.05) is 0 Å². The van der Waals surface area contributed by atoms with E-state index in [0.717, 1.165) is 24.7 Å². The van der Waals surface area contributed by atoms with Crippen molar-refractivity contribution >= 4 is 11.4 Å². The first kappa shape index (κ1) is 34.6. The molecule has 0 spiro atoms. The number of hydrogen-bond acceptors (Lipinski definition) is 9. The Morgan fingerprint density at radius 3 is 0.833 bits per heavy atom. The van der Waals surface area contributed by atoms with Crippen molar-refractivity contribution in [1.82, 2.24) is 0 Å². The van der Waals surface area contributed by atoms with E-state index in [4.69, 9.17) is 4.55 Å². The van der Waals surface area contributed by atoms with E-state index in [2.05, 4.69) is 4.18 Å². The molecule has 10 nitrogen and oxygen atoms in total. The molecular formula is C8HF17O10S. The molecule has 28 heteroatoms. The van der Waals surface area contributed by atoms with Gasteiger partial charge in [0, 0.05) is 0 Å². The maximum atomic E-state index is 14.7. The van der Waals surface area contributed by atoms with Gasteiger partial charge in [-0.15, -0.1) is 34.6 Å². The fourth-order valence-corrected chi connectivity index (χ4v) is 2.27. The van der Waals surface area contributed by atoms with Crippen LogP contribution in [-0.4, -0.2) is 56.1 Å². The zero-order valence-electron chi connectivity index (χ0n) is 15.0. The van der Waals surface area contributed by atoms with Gasteiger partial charge in [-0.25, -0.2) is 0 Å². The number of hydrogen-bond donors (Lipinski definition) is 1. The molecule has 0 bridgehead atoms. The predicted octanol–water partition coefficient (Wildman–Crippen LogP) is 4.63. The number of halogens is 17. The third-order valence-electron chi connectivity index (χ3n) is 3.73. The lowest BCUT2D eigenvalue weighted by Crippen LogP contribution is -2.82. The van der Waals surface area contributed by atoms with Gasteiger partial charge in [-0.05, 0) is 31.7 Å². The lowest BCUT2D eigenvalue weighted by molar-refractivity contribution is -0.631. The van der Waals surface area contributed by atoms with Crippen LogP contribution in [0.4, 0.5) is 75.6 Å². The Bertz CT molecular complexity index is 786. The van der Waals surface area contributed by atoms with Gasteiger partial charge in [-0.3, -0.25) is 4.55 Å². The first-order valence-electron chi connectivity index (χ1n) is 6.87. The van der Waals surface area contributed by atoms with E-state index in [1.54, 1.807) is 0 Å². The summed E-state index contributed by atoms with van der Waals surface area (Å²) >= 11 is -4.80. The molecule has 7 unspecified atom stereocenters. The van der Waals surface area contributed by atoms with Crippen LogP contribution in [0.25, 0.3) is 0 Å². The van der Waals surface area contributed by atoms with Crippen molar-refractivity contribution < 1.29 is 123 Å². The van der Waals surface area contributed by atoms with Gasteiger partial charge in [-0.1, -0.05) is 0 Å². The molecule has 0 amide bonds. The van der Waals surface area contributed by atoms with Gasteiger partial charge >= 0.3 is 58.7 Å². The van der Waals surface area contributed by atoms with Gasteiger partial charge in [0.05, 0.1) is 0 Å². The monoisotopic (exact) mass is 612 g/mol. The zero-order chi connectivity index (χ0) is 29.2. The second-order valence-electron chi connectivity index (χ2n) is 5.45. The van der Waals surface area contributed by atoms with E-state index < -0.39 is 58.7 Å². The average Bonchev–Trinajstić information content (AvgIpc) is 2.83. The SMILES string of the molecule is O=S(O)OC(F)(F)C(F)(OF)C(F)(OF)C(F)(OF)C(F)(OF)C(F)(OF)C(F)(OF)C(F)(F)OF. The first-order valence-corrected chi connectivity index (χ1v) is 7.90. The highest BCUT2D eigenvalue weighted by Gasteiger charge is 2.99. The van der Waals surface area contributed by atoms with Crippen LogP contribution >= 0.6 is 0 Å². The number of rotatable bonds is 16. The van der Waals surface area contributed by atoms with Gasteiger partial charge in [0.15, 0.2) is 0 Å². The summed E-state index contributed by atoms with van der Waals surface area (Å²) in [6, 6.07) is 0. The minimum atomic E-state index is -8.23. The Labute approximate surface area is 183 Å². The topological polar surface area (TPSA) is 111 Å². The zero-order valence-corrected chi connectivity index (χ0v) is 15.8. The van der Waals surface area contributed by atoms with Crippen molar-refractivity contribution in [3.05, 3.63) is 0 Å². The van der Waals surface area contributed by atoms with Gasteiger partial charge in [-0.2, -0.15) is 52.3 Å². The summed E-state index contributed by atoms with van der Waals surface area (Å²) in [6.45, 7) is 0. The summed E-state index contributed by atoms with van der Waals surface area (Å²) in [5.74, 6) is -48.1. The molecule has 0 aliphatic heterocycles. The van der Waals surface area contributed by atoms with Crippen molar-refractivity contribution in [2.45, 2.75) is 47.3 Å². The fourth-order valence-electron chi connectivity index (χ4n) is 1.98. The molecule has 0 heterocycles. The lowest BCUT2D eigenvalue weighted by Gasteiger charge is -2.48. The highest BCUT2D eigenvalue weighted by molar-refractivity contribution is 7.74. The van der Waals surface area contributed by atoms with Crippen LogP contribution in [0, 0.1) is 0 Å². The minimum absolute atomic E-state index is 1.10.